The molecule has 2 N–H and O–H groups in total. The number of halogens is 1. The lowest BCUT2D eigenvalue weighted by molar-refractivity contribution is 0.103. The van der Waals surface area contributed by atoms with Crippen LogP contribution in [0.25, 0.3) is 0 Å². The number of anilines is 1. The van der Waals surface area contributed by atoms with E-state index < -0.39 is 6.03 Å². The topological polar surface area (TPSA) is 67.4 Å². The van der Waals surface area contributed by atoms with Crippen molar-refractivity contribution in [3.8, 4) is 0 Å². The molecule has 0 saturated heterocycles. The van der Waals surface area contributed by atoms with E-state index >= 15 is 0 Å². The summed E-state index contributed by atoms with van der Waals surface area (Å²) >= 11 is 5.79. The summed E-state index contributed by atoms with van der Waals surface area (Å²) in [4.78, 5) is 24.2. The summed E-state index contributed by atoms with van der Waals surface area (Å²) in [5.41, 5.74) is 1.08. The summed E-state index contributed by atoms with van der Waals surface area (Å²) in [5.74, 6) is -0.177. The number of urea groups is 1. The lowest BCUT2D eigenvalue weighted by Crippen LogP contribution is -2.29. The lowest BCUT2D eigenvalue weighted by Gasteiger charge is -2.11. The Balaban J connectivity index is 2.04. The lowest BCUT2D eigenvalue weighted by atomic mass is 10.1. The minimum Gasteiger partial charge on any atom is -0.479 e. The van der Waals surface area contributed by atoms with Crippen molar-refractivity contribution in [3.05, 3.63) is 77.1 Å². The zero-order chi connectivity index (χ0) is 17.4. The SMILES string of the molecule is CCO/C(=C/C(=O)c1ccccc1)NC(=O)Nc1ccc(Cl)cc1. The van der Waals surface area contributed by atoms with Crippen molar-refractivity contribution >= 4 is 29.1 Å². The molecule has 0 aromatic heterocycles. The molecular formula is C18H17ClN2O3. The van der Waals surface area contributed by atoms with Crippen molar-refractivity contribution < 1.29 is 14.3 Å². The van der Waals surface area contributed by atoms with Gasteiger partial charge in [0.1, 0.15) is 0 Å². The van der Waals surface area contributed by atoms with Gasteiger partial charge in [-0.2, -0.15) is 0 Å². The fourth-order valence-corrected chi connectivity index (χ4v) is 2.01. The van der Waals surface area contributed by atoms with Crippen LogP contribution in [0.4, 0.5) is 10.5 Å². The first-order valence-electron chi connectivity index (χ1n) is 7.36. The van der Waals surface area contributed by atoms with Crippen LogP contribution in [0.15, 0.2) is 66.6 Å². The van der Waals surface area contributed by atoms with Gasteiger partial charge in [0.25, 0.3) is 0 Å². The molecule has 0 spiro atoms. The van der Waals surface area contributed by atoms with Gasteiger partial charge in [-0.25, -0.2) is 4.79 Å². The van der Waals surface area contributed by atoms with Crippen molar-refractivity contribution in [2.75, 3.05) is 11.9 Å². The Kier molecular flexibility index (Phi) is 6.40. The standard InChI is InChI=1S/C18H17ClN2O3/c1-2-24-17(12-16(22)13-6-4-3-5-7-13)21-18(23)20-15-10-8-14(19)9-11-15/h3-12H,2H2,1H3,(H2,20,21,23)/b17-12+. The third-order valence-corrected chi connectivity index (χ3v) is 3.21. The Morgan fingerprint density at radius 3 is 2.38 bits per heavy atom. The van der Waals surface area contributed by atoms with Crippen LogP contribution in [-0.4, -0.2) is 18.4 Å². The number of carbonyl (C=O) groups excluding carboxylic acids is 2. The molecule has 0 atom stereocenters. The van der Waals surface area contributed by atoms with Gasteiger partial charge in [0.05, 0.1) is 6.61 Å². The first-order valence-corrected chi connectivity index (χ1v) is 7.73. The minimum absolute atomic E-state index is 0.0813. The average Bonchev–Trinajstić information content (AvgIpc) is 2.58. The first kappa shape index (κ1) is 17.6. The molecule has 5 nitrogen and oxygen atoms in total. The van der Waals surface area contributed by atoms with Gasteiger partial charge in [-0.05, 0) is 31.2 Å². The maximum atomic E-state index is 12.2. The summed E-state index contributed by atoms with van der Waals surface area (Å²) < 4.78 is 5.31. The Labute approximate surface area is 145 Å². The van der Waals surface area contributed by atoms with E-state index in [1.165, 1.54) is 6.08 Å². The molecule has 0 fully saturated rings. The summed E-state index contributed by atoms with van der Waals surface area (Å²) in [5, 5.41) is 5.72. The van der Waals surface area contributed by atoms with Crippen LogP contribution in [0.1, 0.15) is 17.3 Å². The van der Waals surface area contributed by atoms with Gasteiger partial charge in [0.2, 0.25) is 0 Å². The first-order chi connectivity index (χ1) is 11.6. The monoisotopic (exact) mass is 344 g/mol. The predicted molar refractivity (Wildman–Crippen MR) is 94.1 cm³/mol. The number of amides is 2. The Morgan fingerprint density at radius 1 is 1.08 bits per heavy atom. The molecule has 124 valence electrons. The summed E-state index contributed by atoms with van der Waals surface area (Å²) in [6, 6.07) is 14.9. The van der Waals surface area contributed by atoms with Crippen LogP contribution in [0.2, 0.25) is 5.02 Å². The van der Waals surface area contributed by atoms with Gasteiger partial charge in [0.15, 0.2) is 11.7 Å². The highest BCUT2D eigenvalue weighted by Crippen LogP contribution is 2.13. The molecule has 0 heterocycles. The third-order valence-electron chi connectivity index (χ3n) is 2.96. The fraction of sp³-hybridized carbons (Fsp3) is 0.111. The maximum Gasteiger partial charge on any atom is 0.326 e. The molecule has 0 radical (unpaired) electrons. The Bertz CT molecular complexity index is 728. The molecule has 2 aromatic rings. The van der Waals surface area contributed by atoms with Gasteiger partial charge in [0, 0.05) is 22.3 Å². The van der Waals surface area contributed by atoms with Crippen molar-refractivity contribution in [2.24, 2.45) is 0 Å². The molecule has 0 unspecified atom stereocenters. The van der Waals surface area contributed by atoms with E-state index in [0.29, 0.717) is 22.9 Å². The molecule has 0 bridgehead atoms. The Hall–Kier alpha value is -2.79. The Morgan fingerprint density at radius 2 is 1.75 bits per heavy atom. The van der Waals surface area contributed by atoms with Crippen molar-refractivity contribution in [2.45, 2.75) is 6.92 Å². The van der Waals surface area contributed by atoms with Crippen LogP contribution in [-0.2, 0) is 4.74 Å². The molecule has 2 rings (SSSR count). The highest BCUT2D eigenvalue weighted by molar-refractivity contribution is 6.30. The third kappa shape index (κ3) is 5.44. The zero-order valence-corrected chi connectivity index (χ0v) is 13.8. The molecule has 6 heteroatoms. The largest absolute Gasteiger partial charge is 0.479 e. The number of allylic oxidation sites excluding steroid dienone is 1. The number of rotatable bonds is 6. The highest BCUT2D eigenvalue weighted by atomic mass is 35.5. The second-order valence-electron chi connectivity index (χ2n) is 4.76. The van der Waals surface area contributed by atoms with Crippen molar-refractivity contribution in [1.82, 2.24) is 5.32 Å². The number of hydrogen-bond donors (Lipinski definition) is 2. The highest BCUT2D eigenvalue weighted by Gasteiger charge is 2.09. The quantitative estimate of drug-likeness (QED) is 0.468. The number of nitrogens with one attached hydrogen (secondary N) is 2. The zero-order valence-electron chi connectivity index (χ0n) is 13.1. The summed E-state index contributed by atoms with van der Waals surface area (Å²) in [6.45, 7) is 2.08. The fourth-order valence-electron chi connectivity index (χ4n) is 1.88. The number of ether oxygens (including phenoxy) is 1. The smallest absolute Gasteiger partial charge is 0.326 e. The van der Waals surface area contributed by atoms with E-state index in [2.05, 4.69) is 10.6 Å². The van der Waals surface area contributed by atoms with Gasteiger partial charge in [-0.3, -0.25) is 10.1 Å². The van der Waals surface area contributed by atoms with E-state index in [4.69, 9.17) is 16.3 Å². The van der Waals surface area contributed by atoms with E-state index in [-0.39, 0.29) is 11.7 Å². The maximum absolute atomic E-state index is 12.2. The molecule has 2 amide bonds. The molecule has 0 saturated carbocycles. The number of ketones is 1. The normalized spacial score (nSPS) is 10.8. The summed E-state index contributed by atoms with van der Waals surface area (Å²) in [7, 11) is 0. The second kappa shape index (κ2) is 8.74. The molecule has 24 heavy (non-hydrogen) atoms. The minimum atomic E-state index is -0.516. The molecular weight excluding hydrogens is 328 g/mol. The van der Waals surface area contributed by atoms with Gasteiger partial charge in [-0.15, -0.1) is 0 Å². The van der Waals surface area contributed by atoms with Crippen molar-refractivity contribution in [1.29, 1.82) is 0 Å². The van der Waals surface area contributed by atoms with Crippen LogP contribution < -0.4 is 10.6 Å². The number of carbonyl (C=O) groups is 2. The number of benzene rings is 2. The van der Waals surface area contributed by atoms with Gasteiger partial charge in [-0.1, -0.05) is 41.9 Å². The van der Waals surface area contributed by atoms with Crippen LogP contribution in [0, 0.1) is 0 Å². The van der Waals surface area contributed by atoms with Gasteiger partial charge >= 0.3 is 6.03 Å². The number of hydrogen-bond acceptors (Lipinski definition) is 3. The van der Waals surface area contributed by atoms with E-state index in [1.54, 1.807) is 55.5 Å². The van der Waals surface area contributed by atoms with Crippen LogP contribution in [0.3, 0.4) is 0 Å². The van der Waals surface area contributed by atoms with E-state index in [9.17, 15) is 9.59 Å². The molecule has 2 aromatic carbocycles. The van der Waals surface area contributed by atoms with Crippen LogP contribution in [0.5, 0.6) is 0 Å². The van der Waals surface area contributed by atoms with E-state index in [0.717, 1.165) is 0 Å². The molecule has 0 aliphatic rings. The molecule has 0 aliphatic carbocycles. The van der Waals surface area contributed by atoms with Crippen molar-refractivity contribution in [3.63, 3.8) is 0 Å². The predicted octanol–water partition coefficient (Wildman–Crippen LogP) is 4.22. The summed E-state index contributed by atoms with van der Waals surface area (Å²) in [6.07, 6.45) is 1.25. The van der Waals surface area contributed by atoms with Crippen LogP contribution >= 0.6 is 11.6 Å². The molecule has 0 aliphatic heterocycles. The average molecular weight is 345 g/mol. The second-order valence-corrected chi connectivity index (χ2v) is 5.19. The van der Waals surface area contributed by atoms with E-state index in [1.807, 2.05) is 6.07 Å². The van der Waals surface area contributed by atoms with Gasteiger partial charge < -0.3 is 10.1 Å².